The van der Waals surface area contributed by atoms with Crippen LogP contribution in [0.2, 0.25) is 0 Å². The Hall–Kier alpha value is -0.250. The molecule has 46 valence electrons. The molecule has 0 saturated heterocycles. The number of rotatable bonds is 0. The molecule has 3 heteroatoms. The molecule has 0 unspecified atom stereocenters. The lowest BCUT2D eigenvalue weighted by Crippen LogP contribution is -1.88. The van der Waals surface area contributed by atoms with E-state index in [1.165, 1.54) is 5.41 Å². The van der Waals surface area contributed by atoms with Crippen LogP contribution in [0.15, 0.2) is 22.5 Å². The van der Waals surface area contributed by atoms with Crippen LogP contribution in [0.1, 0.15) is 6.92 Å². The van der Waals surface area contributed by atoms with Crippen LogP contribution < -0.4 is 0 Å². The van der Waals surface area contributed by atoms with Crippen molar-refractivity contribution < 1.29 is 9.11 Å². The Morgan fingerprint density at radius 3 is 2.25 bits per heavy atom. The lowest BCUT2D eigenvalue weighted by Gasteiger charge is -2.24. The van der Waals surface area contributed by atoms with Crippen LogP contribution in [0.5, 0.6) is 0 Å². The summed E-state index contributed by atoms with van der Waals surface area (Å²) >= 11 is 0. The van der Waals surface area contributed by atoms with Gasteiger partial charge in [0.05, 0.1) is 0 Å². The van der Waals surface area contributed by atoms with Crippen LogP contribution in [0.25, 0.3) is 0 Å². The SMILES string of the molecule is CC1=CC=CS1(O)O. The van der Waals surface area contributed by atoms with Crippen LogP contribution in [0.4, 0.5) is 0 Å². The zero-order valence-corrected chi connectivity index (χ0v) is 5.35. The zero-order chi connectivity index (χ0) is 6.20. The summed E-state index contributed by atoms with van der Waals surface area (Å²) in [6, 6.07) is 0. The van der Waals surface area contributed by atoms with Crippen molar-refractivity contribution in [3.63, 3.8) is 0 Å². The van der Waals surface area contributed by atoms with Crippen LogP contribution >= 0.6 is 10.6 Å². The maximum Gasteiger partial charge on any atom is 0.0374 e. The van der Waals surface area contributed by atoms with Gasteiger partial charge in [-0.05, 0) is 19.1 Å². The molecule has 0 bridgehead atoms. The molecule has 0 aliphatic carbocycles. The molecule has 1 heterocycles. The molecule has 0 aromatic heterocycles. The molecule has 0 aromatic carbocycles. The van der Waals surface area contributed by atoms with E-state index in [9.17, 15) is 0 Å². The molecule has 0 radical (unpaired) electrons. The molecule has 2 N–H and O–H groups in total. The Morgan fingerprint density at radius 2 is 2.12 bits per heavy atom. The van der Waals surface area contributed by atoms with Crippen molar-refractivity contribution in [2.24, 2.45) is 0 Å². The molecule has 0 fully saturated rings. The van der Waals surface area contributed by atoms with E-state index in [0.29, 0.717) is 4.91 Å². The predicted molar refractivity (Wildman–Crippen MR) is 35.7 cm³/mol. The lowest BCUT2D eigenvalue weighted by molar-refractivity contribution is 0.508. The van der Waals surface area contributed by atoms with Gasteiger partial charge >= 0.3 is 0 Å². The highest BCUT2D eigenvalue weighted by Gasteiger charge is 2.12. The van der Waals surface area contributed by atoms with Gasteiger partial charge in [0.25, 0.3) is 0 Å². The van der Waals surface area contributed by atoms with Gasteiger partial charge in [-0.3, -0.25) is 9.11 Å². The standard InChI is InChI=1S/C5H8O2S/c1-5-3-2-4-8(5,6)7/h2-4,6-7H,1H3. The number of allylic oxidation sites excluding steroid dienone is 3. The third-order valence-corrected chi connectivity index (χ3v) is 2.69. The summed E-state index contributed by atoms with van der Waals surface area (Å²) in [5.41, 5.74) is 0. The molecule has 0 saturated carbocycles. The first-order valence-corrected chi connectivity index (χ1v) is 3.87. The Bertz CT molecular complexity index is 158. The van der Waals surface area contributed by atoms with Gasteiger partial charge in [-0.2, -0.15) is 10.6 Å². The van der Waals surface area contributed by atoms with Crippen molar-refractivity contribution in [2.75, 3.05) is 0 Å². The predicted octanol–water partition coefficient (Wildman–Crippen LogP) is 2.17. The molecule has 8 heavy (non-hydrogen) atoms. The molecular weight excluding hydrogens is 124 g/mol. The summed E-state index contributed by atoms with van der Waals surface area (Å²) in [4.78, 5) is 0.650. The first kappa shape index (κ1) is 5.88. The van der Waals surface area contributed by atoms with E-state index in [1.54, 1.807) is 19.1 Å². The van der Waals surface area contributed by atoms with E-state index < -0.39 is 10.6 Å². The molecule has 1 aliphatic heterocycles. The van der Waals surface area contributed by atoms with E-state index in [-0.39, 0.29) is 0 Å². The summed E-state index contributed by atoms with van der Waals surface area (Å²) in [7, 11) is -2.44. The van der Waals surface area contributed by atoms with E-state index in [1.807, 2.05) is 0 Å². The van der Waals surface area contributed by atoms with Gasteiger partial charge in [-0.15, -0.1) is 0 Å². The fourth-order valence-electron chi connectivity index (χ4n) is 0.492. The fourth-order valence-corrected chi connectivity index (χ4v) is 1.28. The average Bonchev–Trinajstić information content (AvgIpc) is 1.86. The van der Waals surface area contributed by atoms with E-state index in [4.69, 9.17) is 9.11 Å². The van der Waals surface area contributed by atoms with E-state index in [0.717, 1.165) is 0 Å². The van der Waals surface area contributed by atoms with Crippen molar-refractivity contribution in [2.45, 2.75) is 6.92 Å². The highest BCUT2D eigenvalue weighted by atomic mass is 32.3. The Morgan fingerprint density at radius 1 is 1.50 bits per heavy atom. The Labute approximate surface area is 49.9 Å². The Kier molecular flexibility index (Phi) is 1.19. The zero-order valence-electron chi connectivity index (χ0n) is 4.53. The maximum atomic E-state index is 8.95. The highest BCUT2D eigenvalue weighted by molar-refractivity contribution is 8.30. The van der Waals surface area contributed by atoms with Gasteiger partial charge in [0, 0.05) is 10.3 Å². The van der Waals surface area contributed by atoms with Crippen LogP contribution in [-0.4, -0.2) is 9.11 Å². The molecule has 2 nitrogen and oxygen atoms in total. The smallest absolute Gasteiger partial charge is 0.0374 e. The average molecular weight is 132 g/mol. The maximum absolute atomic E-state index is 8.95. The third kappa shape index (κ3) is 0.798. The van der Waals surface area contributed by atoms with Crippen LogP contribution in [-0.2, 0) is 0 Å². The fraction of sp³-hybridized carbons (Fsp3) is 0.200. The van der Waals surface area contributed by atoms with Crippen LogP contribution in [0, 0.1) is 0 Å². The molecule has 0 aromatic rings. The van der Waals surface area contributed by atoms with Crippen molar-refractivity contribution in [1.82, 2.24) is 0 Å². The normalized spacial score (nSPS) is 27.6. The molecule has 1 rings (SSSR count). The Balaban J connectivity index is 2.87. The van der Waals surface area contributed by atoms with Gasteiger partial charge in [0.15, 0.2) is 0 Å². The minimum atomic E-state index is -2.44. The minimum absolute atomic E-state index is 0.650. The summed E-state index contributed by atoms with van der Waals surface area (Å²) in [5.74, 6) is 0. The second-order valence-electron chi connectivity index (χ2n) is 1.70. The van der Waals surface area contributed by atoms with Crippen molar-refractivity contribution in [3.8, 4) is 0 Å². The van der Waals surface area contributed by atoms with Crippen LogP contribution in [0.3, 0.4) is 0 Å². The van der Waals surface area contributed by atoms with Gasteiger partial charge in [0.1, 0.15) is 0 Å². The lowest BCUT2D eigenvalue weighted by atomic mass is 10.5. The number of hydrogen-bond donors (Lipinski definition) is 2. The van der Waals surface area contributed by atoms with Gasteiger partial charge in [-0.1, -0.05) is 0 Å². The van der Waals surface area contributed by atoms with Gasteiger partial charge in [-0.25, -0.2) is 0 Å². The molecule has 0 spiro atoms. The summed E-state index contributed by atoms with van der Waals surface area (Å²) < 4.78 is 17.9. The van der Waals surface area contributed by atoms with Gasteiger partial charge in [0.2, 0.25) is 0 Å². The first-order valence-electron chi connectivity index (χ1n) is 2.26. The minimum Gasteiger partial charge on any atom is -0.291 e. The molecule has 1 aliphatic rings. The monoisotopic (exact) mass is 132 g/mol. The first-order chi connectivity index (χ1) is 3.63. The summed E-state index contributed by atoms with van der Waals surface area (Å²) in [5, 5.41) is 1.42. The number of hydrogen-bond acceptors (Lipinski definition) is 2. The van der Waals surface area contributed by atoms with Gasteiger partial charge < -0.3 is 0 Å². The third-order valence-electron chi connectivity index (χ3n) is 1.07. The second-order valence-corrected chi connectivity index (χ2v) is 3.80. The summed E-state index contributed by atoms with van der Waals surface area (Å²) in [6.45, 7) is 1.70. The topological polar surface area (TPSA) is 40.5 Å². The largest absolute Gasteiger partial charge is 0.291 e. The highest BCUT2D eigenvalue weighted by Crippen LogP contribution is 2.51. The quantitative estimate of drug-likeness (QED) is 0.530. The van der Waals surface area contributed by atoms with Crippen molar-refractivity contribution in [1.29, 1.82) is 0 Å². The molecular formula is C5H8O2S. The summed E-state index contributed by atoms with van der Waals surface area (Å²) in [6.07, 6.45) is 3.36. The van der Waals surface area contributed by atoms with Crippen molar-refractivity contribution in [3.05, 3.63) is 22.5 Å². The van der Waals surface area contributed by atoms with Crippen molar-refractivity contribution >= 4 is 10.6 Å². The molecule has 0 atom stereocenters. The molecule has 0 amide bonds. The van der Waals surface area contributed by atoms with E-state index >= 15 is 0 Å². The van der Waals surface area contributed by atoms with E-state index in [2.05, 4.69) is 0 Å². The second kappa shape index (κ2) is 1.62.